The Morgan fingerprint density at radius 1 is 1.13 bits per heavy atom. The molecule has 31 heavy (non-hydrogen) atoms. The fourth-order valence-electron chi connectivity index (χ4n) is 3.61. The van der Waals surface area contributed by atoms with Gasteiger partial charge in [-0.05, 0) is 35.7 Å². The normalized spacial score (nSPS) is 16.3. The van der Waals surface area contributed by atoms with Gasteiger partial charge in [0.05, 0.1) is 35.1 Å². The molecule has 0 radical (unpaired) electrons. The third kappa shape index (κ3) is 3.38. The van der Waals surface area contributed by atoms with Gasteiger partial charge in [-0.3, -0.25) is 4.79 Å². The lowest BCUT2D eigenvalue weighted by Crippen LogP contribution is -2.37. The van der Waals surface area contributed by atoms with E-state index in [1.54, 1.807) is 6.07 Å². The third-order valence-electron chi connectivity index (χ3n) is 5.21. The van der Waals surface area contributed by atoms with Crippen molar-refractivity contribution in [3.05, 3.63) is 75.0 Å². The monoisotopic (exact) mass is 449 g/mol. The Balaban J connectivity index is 1.90. The number of nitrogens with zero attached hydrogens (tertiary/aromatic N) is 2. The number of hydrogen-bond acceptors (Lipinski definition) is 5. The minimum absolute atomic E-state index is 0.0565. The summed E-state index contributed by atoms with van der Waals surface area (Å²) in [5.74, 6) is -3.26. The van der Waals surface area contributed by atoms with Crippen LogP contribution in [0.15, 0.2) is 40.0 Å². The molecule has 1 atom stereocenters. The standard InChI is InChI=1S/C20H14F3N3O4S/c1-26(31(28,29)11-2-3-14(21)10(4-11)7-24)18-9-30-8-17-19(18)12-5-15(22)16(23)6-13(12)20(27)25-17/h2-6,18H,8-9H2,1H3,(H,25,27)/t18-/m1/s1. The highest BCUT2D eigenvalue weighted by atomic mass is 32.2. The number of fused-ring (bicyclic) bond motifs is 3. The highest BCUT2D eigenvalue weighted by Gasteiger charge is 2.35. The molecule has 0 saturated carbocycles. The van der Waals surface area contributed by atoms with Crippen molar-refractivity contribution in [2.24, 2.45) is 0 Å². The zero-order valence-electron chi connectivity index (χ0n) is 15.9. The second-order valence-electron chi connectivity index (χ2n) is 6.96. The van der Waals surface area contributed by atoms with E-state index < -0.39 is 44.6 Å². The molecular formula is C20H14F3N3O4S. The number of benzene rings is 2. The molecule has 0 spiro atoms. The Morgan fingerprint density at radius 2 is 1.81 bits per heavy atom. The lowest BCUT2D eigenvalue weighted by Gasteiger charge is -2.33. The lowest BCUT2D eigenvalue weighted by molar-refractivity contribution is 0.0626. The highest BCUT2D eigenvalue weighted by molar-refractivity contribution is 7.89. The van der Waals surface area contributed by atoms with Crippen molar-refractivity contribution in [2.75, 3.05) is 13.7 Å². The summed E-state index contributed by atoms with van der Waals surface area (Å²) in [5.41, 5.74) is -0.603. The number of aromatic nitrogens is 1. The minimum Gasteiger partial charge on any atom is -0.373 e. The maximum atomic E-state index is 14.0. The van der Waals surface area contributed by atoms with Crippen molar-refractivity contribution >= 4 is 20.8 Å². The molecule has 1 N–H and O–H groups in total. The van der Waals surface area contributed by atoms with E-state index in [1.807, 2.05) is 0 Å². The van der Waals surface area contributed by atoms with E-state index in [2.05, 4.69) is 4.98 Å². The average molecular weight is 449 g/mol. The second-order valence-corrected chi connectivity index (χ2v) is 8.96. The number of nitrogens with one attached hydrogen (secondary N) is 1. The first-order valence-electron chi connectivity index (χ1n) is 8.94. The molecule has 7 nitrogen and oxygen atoms in total. The number of H-pyrrole nitrogens is 1. The van der Waals surface area contributed by atoms with Crippen LogP contribution in [0.3, 0.4) is 0 Å². The molecule has 1 aliphatic rings. The third-order valence-corrected chi connectivity index (χ3v) is 7.08. The van der Waals surface area contributed by atoms with E-state index in [-0.39, 0.29) is 40.1 Å². The van der Waals surface area contributed by atoms with Gasteiger partial charge in [0.1, 0.15) is 11.9 Å². The lowest BCUT2D eigenvalue weighted by atomic mass is 9.96. The molecule has 11 heteroatoms. The van der Waals surface area contributed by atoms with Crippen LogP contribution in [0.1, 0.15) is 22.9 Å². The Kier molecular flexibility index (Phi) is 5.09. The van der Waals surface area contributed by atoms with E-state index in [9.17, 15) is 26.4 Å². The van der Waals surface area contributed by atoms with Crippen molar-refractivity contribution in [2.45, 2.75) is 17.5 Å². The van der Waals surface area contributed by atoms with Gasteiger partial charge in [-0.25, -0.2) is 21.6 Å². The first-order valence-corrected chi connectivity index (χ1v) is 10.4. The number of aromatic amines is 1. The highest BCUT2D eigenvalue weighted by Crippen LogP contribution is 2.36. The largest absolute Gasteiger partial charge is 0.373 e. The summed E-state index contributed by atoms with van der Waals surface area (Å²) in [6, 6.07) is 4.98. The van der Waals surface area contributed by atoms with E-state index >= 15 is 0 Å². The first-order chi connectivity index (χ1) is 14.6. The quantitative estimate of drug-likeness (QED) is 0.662. The SMILES string of the molecule is CN([C@@H]1COCc2[nH]c(=O)c3cc(F)c(F)cc3c21)S(=O)(=O)c1ccc(F)c(C#N)c1. The minimum atomic E-state index is -4.25. The summed E-state index contributed by atoms with van der Waals surface area (Å²) in [6.07, 6.45) is 0. The molecule has 2 heterocycles. The number of ether oxygens (including phenoxy) is 1. The molecule has 160 valence electrons. The van der Waals surface area contributed by atoms with Crippen molar-refractivity contribution in [3.8, 4) is 6.07 Å². The van der Waals surface area contributed by atoms with Gasteiger partial charge in [-0.15, -0.1) is 0 Å². The Labute approximate surface area is 174 Å². The fraction of sp³-hybridized carbons (Fsp3) is 0.200. The van der Waals surface area contributed by atoms with E-state index in [0.29, 0.717) is 0 Å². The van der Waals surface area contributed by atoms with Crippen LogP contribution in [-0.4, -0.2) is 31.4 Å². The van der Waals surface area contributed by atoms with Gasteiger partial charge >= 0.3 is 0 Å². The summed E-state index contributed by atoms with van der Waals surface area (Å²) in [6.45, 7) is -0.186. The molecule has 2 aromatic carbocycles. The number of rotatable bonds is 3. The molecule has 0 amide bonds. The molecule has 0 unspecified atom stereocenters. The second kappa shape index (κ2) is 7.49. The molecule has 0 aliphatic carbocycles. The maximum absolute atomic E-state index is 14.0. The van der Waals surface area contributed by atoms with Gasteiger partial charge in [-0.1, -0.05) is 0 Å². The molecule has 1 aromatic heterocycles. The zero-order valence-corrected chi connectivity index (χ0v) is 16.8. The van der Waals surface area contributed by atoms with Gasteiger partial charge in [0, 0.05) is 18.3 Å². The summed E-state index contributed by atoms with van der Waals surface area (Å²) in [5, 5.41) is 8.93. The Bertz CT molecular complexity index is 1430. The maximum Gasteiger partial charge on any atom is 0.256 e. The van der Waals surface area contributed by atoms with Crippen molar-refractivity contribution in [1.82, 2.24) is 9.29 Å². The topological polar surface area (TPSA) is 103 Å². The molecule has 0 fully saturated rings. The molecule has 4 rings (SSSR count). The molecule has 3 aromatic rings. The first kappa shape index (κ1) is 21.0. The van der Waals surface area contributed by atoms with Crippen LogP contribution in [0.25, 0.3) is 10.8 Å². The average Bonchev–Trinajstić information content (AvgIpc) is 2.74. The van der Waals surface area contributed by atoms with Crippen LogP contribution >= 0.6 is 0 Å². The Morgan fingerprint density at radius 3 is 2.48 bits per heavy atom. The fourth-order valence-corrected chi connectivity index (χ4v) is 4.95. The molecular weight excluding hydrogens is 435 g/mol. The number of sulfonamides is 1. The van der Waals surface area contributed by atoms with E-state index in [0.717, 1.165) is 34.6 Å². The summed E-state index contributed by atoms with van der Waals surface area (Å²) in [7, 11) is -3.01. The molecule has 0 bridgehead atoms. The smallest absolute Gasteiger partial charge is 0.256 e. The van der Waals surface area contributed by atoms with Crippen LogP contribution in [0.5, 0.6) is 0 Å². The summed E-state index contributed by atoms with van der Waals surface area (Å²) in [4.78, 5) is 14.5. The Hall–Kier alpha value is -3.20. The van der Waals surface area contributed by atoms with Gasteiger partial charge in [-0.2, -0.15) is 9.57 Å². The van der Waals surface area contributed by atoms with Gasteiger partial charge < -0.3 is 9.72 Å². The number of nitriles is 1. The van der Waals surface area contributed by atoms with Crippen LogP contribution in [0, 0.1) is 28.8 Å². The number of likely N-dealkylation sites (N-methyl/N-ethyl adjacent to an activating group) is 1. The van der Waals surface area contributed by atoms with Crippen molar-refractivity contribution in [3.63, 3.8) is 0 Å². The van der Waals surface area contributed by atoms with E-state index in [1.165, 1.54) is 7.05 Å². The number of hydrogen-bond donors (Lipinski definition) is 1. The predicted molar refractivity (Wildman–Crippen MR) is 103 cm³/mol. The molecule has 1 aliphatic heterocycles. The zero-order chi connectivity index (χ0) is 22.5. The van der Waals surface area contributed by atoms with E-state index in [4.69, 9.17) is 10.00 Å². The van der Waals surface area contributed by atoms with Crippen molar-refractivity contribution < 1.29 is 26.3 Å². The van der Waals surface area contributed by atoms with Gasteiger partial charge in [0.15, 0.2) is 11.6 Å². The van der Waals surface area contributed by atoms with Crippen LogP contribution in [-0.2, 0) is 21.4 Å². The van der Waals surface area contributed by atoms with Crippen molar-refractivity contribution in [1.29, 1.82) is 5.26 Å². The van der Waals surface area contributed by atoms with Crippen LogP contribution in [0.2, 0.25) is 0 Å². The van der Waals surface area contributed by atoms with Gasteiger partial charge in [0.2, 0.25) is 10.0 Å². The number of halogens is 3. The van der Waals surface area contributed by atoms with Crippen LogP contribution in [0.4, 0.5) is 13.2 Å². The molecule has 0 saturated heterocycles. The summed E-state index contributed by atoms with van der Waals surface area (Å²) < 4.78 is 74.1. The van der Waals surface area contributed by atoms with Gasteiger partial charge in [0.25, 0.3) is 5.56 Å². The number of pyridine rings is 1. The summed E-state index contributed by atoms with van der Waals surface area (Å²) >= 11 is 0. The van der Waals surface area contributed by atoms with Crippen LogP contribution < -0.4 is 5.56 Å². The predicted octanol–water partition coefficient (Wildman–Crippen LogP) is 2.71.